The van der Waals surface area contributed by atoms with Gasteiger partial charge in [0.2, 0.25) is 0 Å². The minimum Gasteiger partial charge on any atom is -0.451 e. The molecule has 0 aliphatic heterocycles. The molecule has 3 rings (SSSR count). The average Bonchev–Trinajstić information content (AvgIpc) is 3.15. The number of hydrogen-bond donors (Lipinski definition) is 0. The number of thiophene rings is 2. The van der Waals surface area contributed by atoms with Crippen LogP contribution in [0.2, 0.25) is 9.36 Å². The summed E-state index contributed by atoms with van der Waals surface area (Å²) in [5.41, 5.74) is 0. The molecule has 0 radical (unpaired) electrons. The molecule has 26 heavy (non-hydrogen) atoms. The number of carbonyl (C=O) groups is 2. The number of hydrogen-bond acceptors (Lipinski definition) is 5. The second kappa shape index (κ2) is 7.92. The van der Waals surface area contributed by atoms with Crippen LogP contribution < -0.4 is 0 Å². The van der Waals surface area contributed by atoms with E-state index in [-0.39, 0.29) is 15.8 Å². The molecular formula is C17H12Cl2FNO3S2. The van der Waals surface area contributed by atoms with E-state index in [1.54, 1.807) is 13.1 Å². The van der Waals surface area contributed by atoms with Gasteiger partial charge in [-0.2, -0.15) is 0 Å². The molecule has 2 heterocycles. The van der Waals surface area contributed by atoms with Crippen molar-refractivity contribution in [3.63, 3.8) is 0 Å². The number of likely N-dealkylation sites (N-methyl/N-ethyl adjacent to an activating group) is 1. The molecule has 3 aromatic rings. The van der Waals surface area contributed by atoms with Crippen molar-refractivity contribution in [2.24, 2.45) is 0 Å². The Kier molecular flexibility index (Phi) is 5.82. The quantitative estimate of drug-likeness (QED) is 0.519. The highest BCUT2D eigenvalue weighted by atomic mass is 35.5. The third-order valence-electron chi connectivity index (χ3n) is 3.55. The highest BCUT2D eigenvalue weighted by molar-refractivity contribution is 7.21. The lowest BCUT2D eigenvalue weighted by Gasteiger charge is -2.15. The van der Waals surface area contributed by atoms with Crippen molar-refractivity contribution in [2.45, 2.75) is 6.54 Å². The largest absolute Gasteiger partial charge is 0.451 e. The predicted octanol–water partition coefficient (Wildman–Crippen LogP) is 5.22. The topological polar surface area (TPSA) is 46.6 Å². The number of esters is 1. The maximum absolute atomic E-state index is 13.3. The highest BCUT2D eigenvalue weighted by Gasteiger charge is 2.20. The first-order chi connectivity index (χ1) is 12.3. The smallest absolute Gasteiger partial charge is 0.350 e. The van der Waals surface area contributed by atoms with Gasteiger partial charge in [0.25, 0.3) is 5.91 Å². The molecule has 0 spiro atoms. The Bertz CT molecular complexity index is 986. The Hall–Kier alpha value is -1.67. The van der Waals surface area contributed by atoms with E-state index in [9.17, 15) is 14.0 Å². The van der Waals surface area contributed by atoms with E-state index in [4.69, 9.17) is 27.9 Å². The molecular weight excluding hydrogens is 420 g/mol. The lowest BCUT2D eigenvalue weighted by Crippen LogP contribution is -2.30. The van der Waals surface area contributed by atoms with Crippen LogP contribution in [0.5, 0.6) is 0 Å². The summed E-state index contributed by atoms with van der Waals surface area (Å²) in [6.07, 6.45) is 0. The highest BCUT2D eigenvalue weighted by Crippen LogP contribution is 2.36. The number of benzene rings is 1. The van der Waals surface area contributed by atoms with Gasteiger partial charge < -0.3 is 9.64 Å². The van der Waals surface area contributed by atoms with Crippen LogP contribution >= 0.6 is 45.9 Å². The fraction of sp³-hybridized carbons (Fsp3) is 0.176. The van der Waals surface area contributed by atoms with E-state index in [2.05, 4.69) is 0 Å². The third kappa shape index (κ3) is 4.17. The normalized spacial score (nSPS) is 10.9. The summed E-state index contributed by atoms with van der Waals surface area (Å²) in [5.74, 6) is -1.48. The zero-order valence-electron chi connectivity index (χ0n) is 13.4. The van der Waals surface area contributed by atoms with Gasteiger partial charge in [0, 0.05) is 22.0 Å². The second-order valence-electron chi connectivity index (χ2n) is 5.42. The van der Waals surface area contributed by atoms with Crippen LogP contribution in [0.25, 0.3) is 10.1 Å². The Morgan fingerprint density at radius 2 is 1.96 bits per heavy atom. The van der Waals surface area contributed by atoms with Crippen LogP contribution in [0, 0.1) is 5.82 Å². The summed E-state index contributed by atoms with van der Waals surface area (Å²) < 4.78 is 19.5. The Labute approximate surface area is 166 Å². The van der Waals surface area contributed by atoms with Crippen molar-refractivity contribution in [1.29, 1.82) is 0 Å². The molecule has 0 aliphatic carbocycles. The maximum Gasteiger partial charge on any atom is 0.350 e. The van der Waals surface area contributed by atoms with Crippen molar-refractivity contribution in [3.8, 4) is 0 Å². The molecule has 0 saturated carbocycles. The summed E-state index contributed by atoms with van der Waals surface area (Å²) in [4.78, 5) is 26.9. The lowest BCUT2D eigenvalue weighted by atomic mass is 10.2. The molecule has 136 valence electrons. The fourth-order valence-electron chi connectivity index (χ4n) is 2.23. The molecule has 1 amide bonds. The molecule has 0 N–H and O–H groups in total. The van der Waals surface area contributed by atoms with Crippen LogP contribution in [-0.4, -0.2) is 30.4 Å². The van der Waals surface area contributed by atoms with Gasteiger partial charge in [-0.05, 0) is 30.3 Å². The van der Waals surface area contributed by atoms with Gasteiger partial charge >= 0.3 is 5.97 Å². The maximum atomic E-state index is 13.3. The first-order valence-electron chi connectivity index (χ1n) is 7.38. The molecule has 0 saturated heterocycles. The average molecular weight is 432 g/mol. The van der Waals surface area contributed by atoms with Gasteiger partial charge in [-0.15, -0.1) is 22.7 Å². The Morgan fingerprint density at radius 1 is 1.19 bits per heavy atom. The van der Waals surface area contributed by atoms with Crippen LogP contribution in [0.3, 0.4) is 0 Å². The first-order valence-corrected chi connectivity index (χ1v) is 9.77. The number of rotatable bonds is 5. The Morgan fingerprint density at radius 3 is 2.65 bits per heavy atom. The molecule has 0 fully saturated rings. The van der Waals surface area contributed by atoms with Crippen LogP contribution in [0.4, 0.5) is 4.39 Å². The van der Waals surface area contributed by atoms with Gasteiger partial charge in [0.05, 0.1) is 15.9 Å². The lowest BCUT2D eigenvalue weighted by molar-refractivity contribution is -0.133. The zero-order valence-corrected chi connectivity index (χ0v) is 16.6. The summed E-state index contributed by atoms with van der Waals surface area (Å²) in [6.45, 7) is -0.0376. The van der Waals surface area contributed by atoms with Gasteiger partial charge in [-0.3, -0.25) is 4.79 Å². The van der Waals surface area contributed by atoms with E-state index in [1.165, 1.54) is 34.4 Å². The Balaban J connectivity index is 1.63. The molecule has 2 aromatic heterocycles. The summed E-state index contributed by atoms with van der Waals surface area (Å²) >= 11 is 14.4. The molecule has 0 aliphatic rings. The summed E-state index contributed by atoms with van der Waals surface area (Å²) in [5, 5.41) is 0.770. The minimum atomic E-state index is -0.711. The molecule has 4 nitrogen and oxygen atoms in total. The molecule has 0 unspecified atom stereocenters. The van der Waals surface area contributed by atoms with Crippen molar-refractivity contribution in [1.82, 2.24) is 4.90 Å². The van der Waals surface area contributed by atoms with Gasteiger partial charge in [-0.1, -0.05) is 23.2 Å². The van der Waals surface area contributed by atoms with Crippen molar-refractivity contribution in [2.75, 3.05) is 13.7 Å². The van der Waals surface area contributed by atoms with Crippen LogP contribution in [-0.2, 0) is 16.1 Å². The fourth-order valence-corrected chi connectivity index (χ4v) is 4.80. The number of amides is 1. The molecule has 0 atom stereocenters. The van der Waals surface area contributed by atoms with Crippen LogP contribution in [0.1, 0.15) is 14.5 Å². The molecule has 0 bridgehead atoms. The predicted molar refractivity (Wildman–Crippen MR) is 103 cm³/mol. The summed E-state index contributed by atoms with van der Waals surface area (Å²) in [7, 11) is 1.61. The van der Waals surface area contributed by atoms with Crippen molar-refractivity contribution in [3.05, 3.63) is 55.3 Å². The standard InChI is InChI=1S/C17H12Cl2FNO3S2/c1-21(7-10-3-5-13(18)25-10)14(22)8-24-17(23)16-15(19)11-4-2-9(20)6-12(11)26-16/h2-6H,7-8H2,1H3. The second-order valence-corrected chi connectivity index (χ2v) is 8.65. The zero-order chi connectivity index (χ0) is 18.8. The van der Waals surface area contributed by atoms with Gasteiger partial charge in [-0.25, -0.2) is 9.18 Å². The number of fused-ring (bicyclic) bond motifs is 1. The molecule has 9 heteroatoms. The van der Waals surface area contributed by atoms with E-state index >= 15 is 0 Å². The van der Waals surface area contributed by atoms with E-state index in [0.29, 0.717) is 21.0 Å². The van der Waals surface area contributed by atoms with E-state index < -0.39 is 18.4 Å². The summed E-state index contributed by atoms with van der Waals surface area (Å²) in [6, 6.07) is 7.66. The SMILES string of the molecule is CN(Cc1ccc(Cl)s1)C(=O)COC(=O)c1sc2cc(F)ccc2c1Cl. The van der Waals surface area contributed by atoms with E-state index in [0.717, 1.165) is 16.2 Å². The first kappa shape index (κ1) is 19.1. The van der Waals surface area contributed by atoms with Crippen molar-refractivity contribution < 1.29 is 18.7 Å². The van der Waals surface area contributed by atoms with Crippen LogP contribution in [0.15, 0.2) is 30.3 Å². The number of nitrogens with zero attached hydrogens (tertiary/aromatic N) is 1. The van der Waals surface area contributed by atoms with Gasteiger partial charge in [0.15, 0.2) is 6.61 Å². The number of ether oxygens (including phenoxy) is 1. The number of halogens is 3. The van der Waals surface area contributed by atoms with E-state index in [1.807, 2.05) is 6.07 Å². The minimum absolute atomic E-state index is 0.146. The van der Waals surface area contributed by atoms with Gasteiger partial charge in [0.1, 0.15) is 10.7 Å². The number of carbonyl (C=O) groups excluding carboxylic acids is 2. The monoisotopic (exact) mass is 431 g/mol. The molecule has 1 aromatic carbocycles. The third-order valence-corrected chi connectivity index (χ3v) is 6.40. The van der Waals surface area contributed by atoms with Crippen molar-refractivity contribution >= 4 is 67.8 Å².